The zero-order valence-electron chi connectivity index (χ0n) is 7.31. The highest BCUT2D eigenvalue weighted by Gasteiger charge is 2.02. The van der Waals surface area contributed by atoms with Crippen molar-refractivity contribution in [3.63, 3.8) is 0 Å². The molecule has 0 amide bonds. The third kappa shape index (κ3) is 1.76. The lowest BCUT2D eigenvalue weighted by Gasteiger charge is -1.97. The Kier molecular flexibility index (Phi) is 3.27. The van der Waals surface area contributed by atoms with Gasteiger partial charge in [-0.05, 0) is 16.9 Å². The monoisotopic (exact) mass is 205 g/mol. The van der Waals surface area contributed by atoms with Crippen LogP contribution in [0.3, 0.4) is 0 Å². The molecule has 4 heteroatoms. The fraction of sp³-hybridized carbons (Fsp3) is 0. The predicted octanol–water partition coefficient (Wildman–Crippen LogP) is 0.0238. The number of nitrogens with one attached hydrogen (secondary N) is 1. The van der Waals surface area contributed by atoms with Gasteiger partial charge < -0.3 is 12.4 Å². The van der Waals surface area contributed by atoms with Crippen molar-refractivity contribution >= 4 is 16.5 Å². The number of anilines is 1. The molecule has 14 heavy (non-hydrogen) atoms. The van der Waals surface area contributed by atoms with Crippen molar-refractivity contribution in [2.75, 3.05) is 5.43 Å². The average Bonchev–Trinajstić information content (AvgIpc) is 2.19. The van der Waals surface area contributed by atoms with Crippen LogP contribution in [0, 0.1) is 5.39 Å². The van der Waals surface area contributed by atoms with Crippen molar-refractivity contribution in [2.24, 2.45) is 0 Å². The van der Waals surface area contributed by atoms with E-state index in [4.69, 9.17) is 5.39 Å². The van der Waals surface area contributed by atoms with E-state index in [0.717, 1.165) is 16.5 Å². The second-order valence-corrected chi connectivity index (χ2v) is 2.74. The van der Waals surface area contributed by atoms with E-state index in [1.165, 1.54) is 0 Å². The molecule has 0 aliphatic carbocycles. The minimum absolute atomic E-state index is 0. The molecule has 0 aliphatic rings. The van der Waals surface area contributed by atoms with Gasteiger partial charge in [0.15, 0.2) is 0 Å². The van der Waals surface area contributed by atoms with E-state index < -0.39 is 0 Å². The first-order valence-electron chi connectivity index (χ1n) is 3.99. The Bertz CT molecular complexity index is 471. The molecule has 70 valence electrons. The molecule has 0 aliphatic heterocycles. The van der Waals surface area contributed by atoms with Crippen molar-refractivity contribution in [3.05, 3.63) is 47.5 Å². The van der Waals surface area contributed by atoms with E-state index in [0.29, 0.717) is 0 Å². The molecule has 2 rings (SSSR count). The first-order chi connectivity index (χ1) is 6.42. The fourth-order valence-corrected chi connectivity index (χ4v) is 1.38. The van der Waals surface area contributed by atoms with Crippen LogP contribution in [-0.2, 0) is 0 Å². The van der Waals surface area contributed by atoms with Crippen LogP contribution in [0.25, 0.3) is 15.9 Å². The number of hydrogen-bond acceptors (Lipinski definition) is 2. The number of rotatable bonds is 1. The highest BCUT2D eigenvalue weighted by Crippen LogP contribution is 2.22. The average molecular weight is 206 g/mol. The minimum atomic E-state index is 0. The Morgan fingerprint density at radius 2 is 1.71 bits per heavy atom. The van der Waals surface area contributed by atoms with Crippen molar-refractivity contribution in [2.45, 2.75) is 0 Å². The van der Waals surface area contributed by atoms with Crippen LogP contribution in [0.4, 0.5) is 5.69 Å². The van der Waals surface area contributed by atoms with Gasteiger partial charge in [0, 0.05) is 5.39 Å². The van der Waals surface area contributed by atoms with Gasteiger partial charge in [-0.15, -0.1) is 0 Å². The highest BCUT2D eigenvalue weighted by atomic mass is 35.5. The SMILES string of the molecule is N#[N+]Nc1cccc2ccccc12.[Cl-]. The molecule has 1 N–H and O–H groups in total. The summed E-state index contributed by atoms with van der Waals surface area (Å²) in [4.78, 5) is 0. The van der Waals surface area contributed by atoms with Crippen molar-refractivity contribution in [1.82, 2.24) is 0 Å². The van der Waals surface area contributed by atoms with Gasteiger partial charge in [-0.2, -0.15) is 0 Å². The Balaban J connectivity index is 0.000000980. The molecule has 3 nitrogen and oxygen atoms in total. The molecular formula is C10H8ClN3. The van der Waals surface area contributed by atoms with Crippen LogP contribution in [0.5, 0.6) is 0 Å². The molecule has 0 aromatic heterocycles. The van der Waals surface area contributed by atoms with E-state index in [1.54, 1.807) is 0 Å². The third-order valence-corrected chi connectivity index (χ3v) is 1.96. The molecule has 0 saturated heterocycles. The molecule has 2 aromatic carbocycles. The fourth-order valence-electron chi connectivity index (χ4n) is 1.38. The van der Waals surface area contributed by atoms with Gasteiger partial charge in [-0.1, -0.05) is 36.4 Å². The van der Waals surface area contributed by atoms with Gasteiger partial charge in [0.25, 0.3) is 5.39 Å². The Hall–Kier alpha value is -1.79. The lowest BCUT2D eigenvalue weighted by molar-refractivity contribution is -0.00000276. The van der Waals surface area contributed by atoms with E-state index in [1.807, 2.05) is 42.5 Å². The molecule has 0 unspecified atom stereocenters. The maximum atomic E-state index is 8.39. The van der Waals surface area contributed by atoms with Crippen molar-refractivity contribution in [1.29, 1.82) is 5.39 Å². The number of fused-ring (bicyclic) bond motifs is 1. The largest absolute Gasteiger partial charge is 1.00 e. The van der Waals surface area contributed by atoms with Gasteiger partial charge in [-0.25, -0.2) is 0 Å². The summed E-state index contributed by atoms with van der Waals surface area (Å²) in [5.74, 6) is 0. The van der Waals surface area contributed by atoms with Crippen LogP contribution >= 0.6 is 0 Å². The molecule has 0 bridgehead atoms. The molecule has 0 heterocycles. The first-order valence-corrected chi connectivity index (χ1v) is 3.99. The summed E-state index contributed by atoms with van der Waals surface area (Å²) in [7, 11) is 0. The molecular weight excluding hydrogens is 198 g/mol. The molecule has 0 spiro atoms. The van der Waals surface area contributed by atoms with Crippen LogP contribution in [0.15, 0.2) is 42.5 Å². The molecule has 0 saturated carbocycles. The van der Waals surface area contributed by atoms with Crippen molar-refractivity contribution < 1.29 is 12.4 Å². The second-order valence-electron chi connectivity index (χ2n) is 2.74. The van der Waals surface area contributed by atoms with Crippen LogP contribution in [0.1, 0.15) is 0 Å². The first kappa shape index (κ1) is 10.3. The molecule has 0 atom stereocenters. The highest BCUT2D eigenvalue weighted by molar-refractivity contribution is 5.93. The Morgan fingerprint density at radius 3 is 2.50 bits per heavy atom. The van der Waals surface area contributed by atoms with Gasteiger partial charge in [0.1, 0.15) is 5.69 Å². The summed E-state index contributed by atoms with van der Waals surface area (Å²) >= 11 is 0. The summed E-state index contributed by atoms with van der Waals surface area (Å²) in [6.45, 7) is 0. The van der Waals surface area contributed by atoms with Gasteiger partial charge in [0.05, 0.1) is 0 Å². The zero-order chi connectivity index (χ0) is 9.10. The van der Waals surface area contributed by atoms with Crippen molar-refractivity contribution in [3.8, 4) is 0 Å². The summed E-state index contributed by atoms with van der Waals surface area (Å²) in [6.07, 6.45) is 0. The van der Waals surface area contributed by atoms with Gasteiger partial charge in [0.2, 0.25) is 0 Å². The summed E-state index contributed by atoms with van der Waals surface area (Å²) in [5.41, 5.74) is 3.34. The smallest absolute Gasteiger partial charge is 0.308 e. The summed E-state index contributed by atoms with van der Waals surface area (Å²) in [5, 5.41) is 13.5. The zero-order valence-corrected chi connectivity index (χ0v) is 8.07. The summed E-state index contributed by atoms with van der Waals surface area (Å²) < 4.78 is 0. The standard InChI is InChI=1S/C10H8N3.ClH/c11-13-12-10-7-3-5-8-4-1-2-6-9(8)10;/h1-7,12H;1H/q+1;/p-1. The lowest BCUT2D eigenvalue weighted by Crippen LogP contribution is -3.00. The molecule has 2 aromatic rings. The van der Waals surface area contributed by atoms with E-state index in [9.17, 15) is 0 Å². The maximum absolute atomic E-state index is 8.39. The maximum Gasteiger partial charge on any atom is 0.308 e. The Labute approximate surface area is 87.7 Å². The number of halogens is 1. The normalized spacial score (nSPS) is 8.79. The molecule has 0 radical (unpaired) electrons. The van der Waals surface area contributed by atoms with Crippen LogP contribution < -0.4 is 17.8 Å². The second kappa shape index (κ2) is 4.45. The Morgan fingerprint density at radius 1 is 1.00 bits per heavy atom. The lowest BCUT2D eigenvalue weighted by atomic mass is 10.1. The van der Waals surface area contributed by atoms with Crippen LogP contribution in [-0.4, -0.2) is 0 Å². The number of diazo groups is 1. The number of nitrogens with zero attached hydrogens (tertiary/aromatic N) is 2. The van der Waals surface area contributed by atoms with E-state index in [2.05, 4.69) is 10.5 Å². The third-order valence-electron chi connectivity index (χ3n) is 1.96. The van der Waals surface area contributed by atoms with Gasteiger partial charge in [-0.3, -0.25) is 0 Å². The predicted molar refractivity (Wildman–Crippen MR) is 52.7 cm³/mol. The quantitative estimate of drug-likeness (QED) is 0.527. The number of benzene rings is 2. The van der Waals surface area contributed by atoms with Gasteiger partial charge >= 0.3 is 5.08 Å². The van der Waals surface area contributed by atoms with E-state index in [-0.39, 0.29) is 12.4 Å². The molecule has 0 fully saturated rings. The number of hydrogen-bond donors (Lipinski definition) is 1. The van der Waals surface area contributed by atoms with E-state index >= 15 is 0 Å². The van der Waals surface area contributed by atoms with Crippen LogP contribution in [0.2, 0.25) is 0 Å². The minimum Gasteiger partial charge on any atom is -1.00 e. The summed E-state index contributed by atoms with van der Waals surface area (Å²) in [6, 6.07) is 13.7. The topological polar surface area (TPSA) is 40.2 Å².